The van der Waals surface area contributed by atoms with E-state index in [4.69, 9.17) is 14.2 Å². The Balaban J connectivity index is 1.32. The van der Waals surface area contributed by atoms with Gasteiger partial charge in [0, 0.05) is 45.0 Å². The van der Waals surface area contributed by atoms with E-state index in [0.29, 0.717) is 49.9 Å². The van der Waals surface area contributed by atoms with Crippen LogP contribution in [0.25, 0.3) is 0 Å². The molecule has 0 unspecified atom stereocenters. The van der Waals surface area contributed by atoms with Gasteiger partial charge < -0.3 is 29.0 Å². The topological polar surface area (TPSA) is 89.2 Å². The number of ether oxygens (including phenoxy) is 3. The first-order valence-electron chi connectivity index (χ1n) is 13.4. The van der Waals surface area contributed by atoms with Crippen LogP contribution in [-0.2, 0) is 19.5 Å². The van der Waals surface area contributed by atoms with Crippen LogP contribution in [0, 0.1) is 13.8 Å². The van der Waals surface area contributed by atoms with Crippen molar-refractivity contribution in [3.05, 3.63) is 71.3 Å². The average molecular weight is 524 g/mol. The zero-order valence-corrected chi connectivity index (χ0v) is 23.0. The monoisotopic (exact) mass is 523 g/mol. The van der Waals surface area contributed by atoms with Crippen molar-refractivity contribution in [1.29, 1.82) is 0 Å². The molecule has 0 radical (unpaired) electrons. The van der Waals surface area contributed by atoms with E-state index in [1.165, 1.54) is 0 Å². The van der Waals surface area contributed by atoms with E-state index >= 15 is 0 Å². The molecular weight excluding hydrogens is 482 g/mol. The van der Waals surface area contributed by atoms with Crippen LogP contribution >= 0.6 is 0 Å². The van der Waals surface area contributed by atoms with E-state index in [0.717, 1.165) is 41.9 Å². The average Bonchev–Trinajstić information content (AvgIpc) is 3.35. The van der Waals surface area contributed by atoms with E-state index in [1.807, 2.05) is 56.6 Å². The number of aryl methyl sites for hydroxylation is 4. The number of hydrogen-bond acceptors (Lipinski definition) is 7. The lowest BCUT2D eigenvalue weighted by atomic mass is 9.90. The Labute approximate surface area is 225 Å². The van der Waals surface area contributed by atoms with Gasteiger partial charge in [0.15, 0.2) is 11.5 Å². The number of nitrogens with zero attached hydrogens (tertiary/aromatic N) is 3. The first-order valence-corrected chi connectivity index (χ1v) is 13.4. The number of methoxy groups -OCH3 is 1. The number of aromatic nitrogens is 2. The molecule has 0 bridgehead atoms. The van der Waals surface area contributed by atoms with Gasteiger partial charge in [-0.25, -0.2) is 4.98 Å². The van der Waals surface area contributed by atoms with Crippen molar-refractivity contribution in [2.45, 2.75) is 64.8 Å². The quantitative estimate of drug-likeness (QED) is 0.348. The van der Waals surface area contributed by atoms with Gasteiger partial charge in [-0.15, -0.1) is 0 Å². The molecule has 2 heterocycles. The Morgan fingerprint density at radius 3 is 2.61 bits per heavy atom. The molecule has 4 rings (SSSR count). The van der Waals surface area contributed by atoms with Crippen molar-refractivity contribution in [2.75, 3.05) is 33.4 Å². The Bertz CT molecular complexity index is 1180. The SMILES string of the molecule is CCc1nccn1CCCOc1ccc(CN2CC[C@H](O)[C@@](O)(COc3cc(C)cc(C)c3)C2)cc1OC. The summed E-state index contributed by atoms with van der Waals surface area (Å²) >= 11 is 0. The van der Waals surface area contributed by atoms with Crippen LogP contribution in [0.5, 0.6) is 17.2 Å². The number of β-amino-alcohol motifs (C(OH)–C–C–N with tert-alkyl or cyclic N) is 1. The number of piperidine rings is 1. The minimum atomic E-state index is -1.35. The second-order valence-electron chi connectivity index (χ2n) is 10.3. The number of hydrogen-bond donors (Lipinski definition) is 2. The van der Waals surface area contributed by atoms with Crippen molar-refractivity contribution >= 4 is 0 Å². The Hall–Kier alpha value is -3.07. The molecule has 3 aromatic rings. The van der Waals surface area contributed by atoms with Gasteiger partial charge in [0.05, 0.1) is 19.8 Å². The minimum Gasteiger partial charge on any atom is -0.493 e. The highest BCUT2D eigenvalue weighted by Gasteiger charge is 2.42. The molecule has 1 aliphatic rings. The zero-order chi connectivity index (χ0) is 27.1. The molecule has 2 atom stereocenters. The molecule has 0 spiro atoms. The first kappa shape index (κ1) is 28.0. The third-order valence-corrected chi connectivity index (χ3v) is 7.07. The molecule has 38 heavy (non-hydrogen) atoms. The normalized spacial score (nSPS) is 19.9. The molecule has 8 nitrogen and oxygen atoms in total. The summed E-state index contributed by atoms with van der Waals surface area (Å²) in [7, 11) is 1.64. The van der Waals surface area contributed by atoms with Crippen molar-refractivity contribution in [2.24, 2.45) is 0 Å². The lowest BCUT2D eigenvalue weighted by Gasteiger charge is -2.42. The Morgan fingerprint density at radius 2 is 1.87 bits per heavy atom. The number of likely N-dealkylation sites (tertiary alicyclic amines) is 1. The van der Waals surface area contributed by atoms with Crippen LogP contribution in [0.2, 0.25) is 0 Å². The van der Waals surface area contributed by atoms with Gasteiger partial charge in [-0.3, -0.25) is 4.90 Å². The number of imidazole rings is 1. The van der Waals surface area contributed by atoms with Gasteiger partial charge in [-0.2, -0.15) is 0 Å². The van der Waals surface area contributed by atoms with Crippen LogP contribution in [0.3, 0.4) is 0 Å². The third-order valence-electron chi connectivity index (χ3n) is 7.07. The molecule has 0 aliphatic carbocycles. The Morgan fingerprint density at radius 1 is 1.08 bits per heavy atom. The largest absolute Gasteiger partial charge is 0.493 e. The smallest absolute Gasteiger partial charge is 0.161 e. The highest BCUT2D eigenvalue weighted by Crippen LogP contribution is 2.30. The summed E-state index contributed by atoms with van der Waals surface area (Å²) in [5.74, 6) is 3.19. The second-order valence-corrected chi connectivity index (χ2v) is 10.3. The lowest BCUT2D eigenvalue weighted by molar-refractivity contribution is -0.140. The van der Waals surface area contributed by atoms with Crippen LogP contribution in [-0.4, -0.2) is 69.8 Å². The lowest BCUT2D eigenvalue weighted by Crippen LogP contribution is -2.59. The van der Waals surface area contributed by atoms with Gasteiger partial charge in [0.25, 0.3) is 0 Å². The molecular formula is C30H41N3O5. The number of aliphatic hydroxyl groups is 2. The molecule has 2 aromatic carbocycles. The third kappa shape index (κ3) is 7.07. The highest BCUT2D eigenvalue weighted by molar-refractivity contribution is 5.43. The number of benzene rings is 2. The molecule has 1 aromatic heterocycles. The minimum absolute atomic E-state index is 0.0302. The summed E-state index contributed by atoms with van der Waals surface area (Å²) in [4.78, 5) is 6.50. The molecule has 8 heteroatoms. The van der Waals surface area contributed by atoms with E-state index in [1.54, 1.807) is 7.11 Å². The maximum atomic E-state index is 11.3. The van der Waals surface area contributed by atoms with E-state index in [-0.39, 0.29) is 6.61 Å². The molecule has 2 N–H and O–H groups in total. The molecule has 206 valence electrons. The van der Waals surface area contributed by atoms with Crippen LogP contribution in [0.1, 0.15) is 42.3 Å². The van der Waals surface area contributed by atoms with Gasteiger partial charge >= 0.3 is 0 Å². The second kappa shape index (κ2) is 12.7. The molecule has 1 saturated heterocycles. The van der Waals surface area contributed by atoms with Crippen molar-refractivity contribution in [3.8, 4) is 17.2 Å². The van der Waals surface area contributed by atoms with Gasteiger partial charge in [0.2, 0.25) is 0 Å². The van der Waals surface area contributed by atoms with Crippen molar-refractivity contribution in [1.82, 2.24) is 14.5 Å². The standard InChI is InChI=1S/C30H41N3O5/c1-5-29-31-10-13-33(29)11-6-14-37-26-8-7-24(18-27(26)36-4)19-32-12-9-28(34)30(35,20-32)21-38-25-16-22(2)15-23(3)17-25/h7-8,10,13,15-18,28,34-35H,5-6,9,11-12,14,19-21H2,1-4H3/t28-,30-/m0/s1. The van der Waals surface area contributed by atoms with Crippen LogP contribution in [0.4, 0.5) is 0 Å². The fraction of sp³-hybridized carbons (Fsp3) is 0.500. The van der Waals surface area contributed by atoms with Crippen LogP contribution < -0.4 is 14.2 Å². The maximum Gasteiger partial charge on any atom is 0.161 e. The fourth-order valence-corrected chi connectivity index (χ4v) is 5.11. The summed E-state index contributed by atoms with van der Waals surface area (Å²) in [5.41, 5.74) is 1.90. The molecule has 0 saturated carbocycles. The zero-order valence-electron chi connectivity index (χ0n) is 23.0. The fourth-order valence-electron chi connectivity index (χ4n) is 5.11. The number of aliphatic hydroxyl groups excluding tert-OH is 1. The predicted octanol–water partition coefficient (Wildman–Crippen LogP) is 3.92. The number of rotatable bonds is 12. The van der Waals surface area contributed by atoms with E-state index in [2.05, 4.69) is 27.4 Å². The van der Waals surface area contributed by atoms with Gasteiger partial charge in [0.1, 0.15) is 23.8 Å². The van der Waals surface area contributed by atoms with Crippen LogP contribution in [0.15, 0.2) is 48.8 Å². The highest BCUT2D eigenvalue weighted by atomic mass is 16.5. The summed E-state index contributed by atoms with van der Waals surface area (Å²) in [6.07, 6.45) is 5.25. The molecule has 1 aliphatic heterocycles. The maximum absolute atomic E-state index is 11.3. The first-order chi connectivity index (χ1) is 18.3. The van der Waals surface area contributed by atoms with Gasteiger partial charge in [-0.1, -0.05) is 19.1 Å². The summed E-state index contributed by atoms with van der Waals surface area (Å²) in [6, 6.07) is 11.9. The Kier molecular flexibility index (Phi) is 9.31. The van der Waals surface area contributed by atoms with E-state index < -0.39 is 11.7 Å². The van der Waals surface area contributed by atoms with Crippen molar-refractivity contribution in [3.63, 3.8) is 0 Å². The summed E-state index contributed by atoms with van der Waals surface area (Å²) in [5, 5.41) is 21.9. The summed E-state index contributed by atoms with van der Waals surface area (Å²) < 4.78 is 19.7. The molecule has 1 fully saturated rings. The predicted molar refractivity (Wildman–Crippen MR) is 147 cm³/mol. The van der Waals surface area contributed by atoms with Crippen molar-refractivity contribution < 1.29 is 24.4 Å². The molecule has 0 amide bonds. The van der Waals surface area contributed by atoms with Gasteiger partial charge in [-0.05, 0) is 67.6 Å². The summed E-state index contributed by atoms with van der Waals surface area (Å²) in [6.45, 7) is 9.22. The van der Waals surface area contributed by atoms with E-state index in [9.17, 15) is 10.2 Å².